The molecule has 0 amide bonds. The van der Waals surface area contributed by atoms with E-state index in [2.05, 4.69) is 45.3 Å². The van der Waals surface area contributed by atoms with Crippen molar-refractivity contribution < 1.29 is 0 Å². The minimum Gasteiger partial charge on any atom is -0.379 e. The predicted octanol–water partition coefficient (Wildman–Crippen LogP) is 5.98. The fourth-order valence-electron chi connectivity index (χ4n) is 5.04. The molecule has 0 bridgehead atoms. The molecular weight excluding hydrogens is 458 g/mol. The van der Waals surface area contributed by atoms with Crippen LogP contribution in [0.4, 0.5) is 5.69 Å². The number of benzene rings is 2. The van der Waals surface area contributed by atoms with Crippen molar-refractivity contribution >= 4 is 33.8 Å². The largest absolute Gasteiger partial charge is 0.379 e. The van der Waals surface area contributed by atoms with Crippen LogP contribution >= 0.6 is 11.6 Å². The van der Waals surface area contributed by atoms with Gasteiger partial charge in [-0.05, 0) is 78.6 Å². The van der Waals surface area contributed by atoms with Gasteiger partial charge in [0.25, 0.3) is 5.56 Å². The molecule has 2 saturated carbocycles. The van der Waals surface area contributed by atoms with Crippen molar-refractivity contribution in [2.24, 2.45) is 0 Å². The van der Waals surface area contributed by atoms with Gasteiger partial charge in [-0.2, -0.15) is 0 Å². The molecule has 3 aromatic heterocycles. The predicted molar refractivity (Wildman–Crippen MR) is 138 cm³/mol. The summed E-state index contributed by atoms with van der Waals surface area (Å²) in [5.41, 5.74) is 6.04. The maximum atomic E-state index is 12.7. The summed E-state index contributed by atoms with van der Waals surface area (Å²) in [7, 11) is 0. The first-order chi connectivity index (χ1) is 17.1. The number of rotatable bonds is 6. The lowest BCUT2D eigenvalue weighted by atomic mass is 10.1. The lowest BCUT2D eigenvalue weighted by Gasteiger charge is -2.07. The van der Waals surface area contributed by atoms with Crippen LogP contribution in [0, 0.1) is 0 Å². The molecule has 0 radical (unpaired) electrons. The van der Waals surface area contributed by atoms with E-state index in [0.29, 0.717) is 23.4 Å². The second kappa shape index (κ2) is 7.95. The average Bonchev–Trinajstić information content (AvgIpc) is 3.78. The zero-order valence-electron chi connectivity index (χ0n) is 19.0. The summed E-state index contributed by atoms with van der Waals surface area (Å²) < 4.78 is 2.12. The highest BCUT2D eigenvalue weighted by atomic mass is 35.5. The Bertz CT molecular complexity index is 1650. The molecule has 5 aromatic rings. The van der Waals surface area contributed by atoms with E-state index in [4.69, 9.17) is 21.6 Å². The first kappa shape index (κ1) is 20.7. The topological polar surface area (TPSA) is 75.1 Å². The number of aromatic nitrogens is 4. The third-order valence-corrected chi connectivity index (χ3v) is 7.42. The van der Waals surface area contributed by atoms with Crippen LogP contribution in [0.5, 0.6) is 0 Å². The van der Waals surface area contributed by atoms with Gasteiger partial charge in [0.15, 0.2) is 0 Å². The van der Waals surface area contributed by atoms with E-state index in [9.17, 15) is 4.79 Å². The summed E-state index contributed by atoms with van der Waals surface area (Å²) in [5.74, 6) is 2.01. The number of imidazole rings is 1. The number of H-pyrrole nitrogens is 1. The smallest absolute Gasteiger partial charge is 0.258 e. The van der Waals surface area contributed by atoms with Crippen LogP contribution in [0.25, 0.3) is 16.6 Å². The highest BCUT2D eigenvalue weighted by molar-refractivity contribution is 6.30. The quantitative estimate of drug-likeness (QED) is 0.312. The summed E-state index contributed by atoms with van der Waals surface area (Å²) in [6.45, 7) is 0.599. The average molecular weight is 482 g/mol. The Labute approximate surface area is 207 Å². The number of hydrogen-bond acceptors (Lipinski definition) is 4. The Kier molecular flexibility index (Phi) is 4.71. The second-order valence-electron chi connectivity index (χ2n) is 9.77. The Balaban J connectivity index is 1.11. The molecule has 6 nitrogen and oxygen atoms in total. The summed E-state index contributed by atoms with van der Waals surface area (Å²) in [6.07, 6.45) is 7.82. The molecule has 2 atom stereocenters. The monoisotopic (exact) mass is 481 g/mol. The Hall–Kier alpha value is -3.64. The van der Waals surface area contributed by atoms with E-state index in [1.807, 2.05) is 36.4 Å². The van der Waals surface area contributed by atoms with Gasteiger partial charge < -0.3 is 14.7 Å². The van der Waals surface area contributed by atoms with Gasteiger partial charge in [0, 0.05) is 29.0 Å². The third-order valence-electron chi connectivity index (χ3n) is 7.19. The van der Waals surface area contributed by atoms with Crippen LogP contribution < -0.4 is 10.9 Å². The van der Waals surface area contributed by atoms with E-state index in [-0.39, 0.29) is 11.5 Å². The lowest BCUT2D eigenvalue weighted by molar-refractivity contribution is 0.898. The maximum Gasteiger partial charge on any atom is 0.258 e. The molecule has 0 unspecified atom stereocenters. The molecule has 35 heavy (non-hydrogen) atoms. The van der Waals surface area contributed by atoms with Gasteiger partial charge in [-0.15, -0.1) is 0 Å². The van der Waals surface area contributed by atoms with E-state index in [0.717, 1.165) is 40.2 Å². The van der Waals surface area contributed by atoms with Gasteiger partial charge in [-0.1, -0.05) is 29.8 Å². The van der Waals surface area contributed by atoms with E-state index in [1.54, 1.807) is 0 Å². The van der Waals surface area contributed by atoms with E-state index in [1.165, 1.54) is 24.0 Å². The van der Waals surface area contributed by atoms with Crippen molar-refractivity contribution in [3.8, 4) is 0 Å². The SMILES string of the molecule is O=c1[nH]c([C@H]2C[C@@H]2c2cccc(Cl)c2)nc2cc(NCc3cn4cc(C5CC5)ccc4n3)ccc12. The molecule has 0 aliphatic heterocycles. The van der Waals surface area contributed by atoms with Crippen LogP contribution in [-0.2, 0) is 6.54 Å². The Morgan fingerprint density at radius 3 is 2.77 bits per heavy atom. The number of aromatic amines is 1. The van der Waals surface area contributed by atoms with E-state index >= 15 is 0 Å². The Morgan fingerprint density at radius 1 is 1.00 bits per heavy atom. The van der Waals surface area contributed by atoms with Gasteiger partial charge in [-0.25, -0.2) is 9.97 Å². The fraction of sp³-hybridized carbons (Fsp3) is 0.250. The lowest BCUT2D eigenvalue weighted by Crippen LogP contribution is -2.12. The summed E-state index contributed by atoms with van der Waals surface area (Å²) in [6, 6.07) is 17.9. The van der Waals surface area contributed by atoms with Crippen molar-refractivity contribution in [3.05, 3.63) is 105 Å². The minimum absolute atomic E-state index is 0.0971. The molecule has 2 aromatic carbocycles. The van der Waals surface area contributed by atoms with E-state index < -0.39 is 0 Å². The van der Waals surface area contributed by atoms with Crippen LogP contribution in [0.2, 0.25) is 5.02 Å². The van der Waals surface area contributed by atoms with Gasteiger partial charge in [0.2, 0.25) is 0 Å². The molecule has 0 saturated heterocycles. The molecule has 0 spiro atoms. The molecule has 2 aliphatic rings. The summed E-state index contributed by atoms with van der Waals surface area (Å²) >= 11 is 6.16. The third kappa shape index (κ3) is 3.98. The van der Waals surface area contributed by atoms with Crippen molar-refractivity contribution in [3.63, 3.8) is 0 Å². The normalized spacial score (nSPS) is 19.3. The van der Waals surface area contributed by atoms with Gasteiger partial charge in [0.05, 0.1) is 23.1 Å². The number of nitrogens with zero attached hydrogens (tertiary/aromatic N) is 3. The number of nitrogens with one attached hydrogen (secondary N) is 2. The van der Waals surface area contributed by atoms with Crippen molar-refractivity contribution in [1.29, 1.82) is 0 Å². The molecule has 7 heteroatoms. The summed E-state index contributed by atoms with van der Waals surface area (Å²) in [4.78, 5) is 25.3. The van der Waals surface area contributed by atoms with Gasteiger partial charge in [-0.3, -0.25) is 4.79 Å². The first-order valence-corrected chi connectivity index (χ1v) is 12.5. The first-order valence-electron chi connectivity index (χ1n) is 12.1. The van der Waals surface area contributed by atoms with Crippen molar-refractivity contribution in [1.82, 2.24) is 19.4 Å². The molecule has 2 fully saturated rings. The van der Waals surface area contributed by atoms with Crippen LogP contribution in [0.1, 0.15) is 59.7 Å². The molecule has 2 N–H and O–H groups in total. The number of fused-ring (bicyclic) bond motifs is 2. The number of pyridine rings is 1. The zero-order valence-corrected chi connectivity index (χ0v) is 19.8. The molecule has 7 rings (SSSR count). The fourth-order valence-corrected chi connectivity index (χ4v) is 5.24. The Morgan fingerprint density at radius 2 is 1.91 bits per heavy atom. The molecule has 174 valence electrons. The van der Waals surface area contributed by atoms with Gasteiger partial charge in [0.1, 0.15) is 11.5 Å². The second-order valence-corrected chi connectivity index (χ2v) is 10.2. The zero-order chi connectivity index (χ0) is 23.5. The molecule has 2 aliphatic carbocycles. The summed E-state index contributed by atoms with van der Waals surface area (Å²) in [5, 5.41) is 4.78. The number of anilines is 1. The number of halogens is 1. The van der Waals surface area contributed by atoms with Crippen molar-refractivity contribution in [2.75, 3.05) is 5.32 Å². The molecule has 3 heterocycles. The van der Waals surface area contributed by atoms with Crippen LogP contribution in [-0.4, -0.2) is 19.4 Å². The van der Waals surface area contributed by atoms with Gasteiger partial charge >= 0.3 is 0 Å². The highest BCUT2D eigenvalue weighted by Crippen LogP contribution is 2.53. The van der Waals surface area contributed by atoms with Crippen molar-refractivity contribution in [2.45, 2.75) is 43.6 Å². The van der Waals surface area contributed by atoms with Crippen LogP contribution in [0.3, 0.4) is 0 Å². The maximum absolute atomic E-state index is 12.7. The standard InChI is InChI=1S/C28H24ClN5O/c29-19-3-1-2-17(10-19)23-12-24(23)27-32-25-11-20(7-8-22(25)28(35)33-27)30-13-21-15-34-14-18(16-4-5-16)6-9-26(34)31-21/h1-3,6-11,14-16,23-24,30H,4-5,12-13H2,(H,32,33,35)/t23-,24+/m1/s1. The minimum atomic E-state index is -0.0971. The number of hydrogen-bond donors (Lipinski definition) is 2. The van der Waals surface area contributed by atoms with Crippen LogP contribution in [0.15, 0.2) is 71.8 Å². The highest BCUT2D eigenvalue weighted by Gasteiger charge is 2.41. The molecular formula is C28H24ClN5O.